The fraction of sp³-hybridized carbons (Fsp3) is 0.500. The van der Waals surface area contributed by atoms with Crippen LogP contribution in [0.25, 0.3) is 0 Å². The highest BCUT2D eigenvalue weighted by atomic mass is 16.5. The van der Waals surface area contributed by atoms with Crippen LogP contribution in [0.5, 0.6) is 0 Å². The van der Waals surface area contributed by atoms with Crippen molar-refractivity contribution >= 4 is 23.4 Å². The first-order valence-electron chi connectivity index (χ1n) is 6.66. The number of amides is 1. The molecule has 0 atom stereocenters. The molecule has 0 bridgehead atoms. The zero-order valence-corrected chi connectivity index (χ0v) is 12.7. The number of esters is 1. The van der Waals surface area contributed by atoms with Crippen molar-refractivity contribution in [3.8, 4) is 0 Å². The van der Waals surface area contributed by atoms with Crippen LogP contribution < -0.4 is 10.6 Å². The Hall–Kier alpha value is -2.31. The maximum atomic E-state index is 12.4. The Bertz CT molecular complexity index is 586. The molecule has 1 aliphatic heterocycles. The van der Waals surface area contributed by atoms with E-state index in [9.17, 15) is 9.59 Å². The lowest BCUT2D eigenvalue weighted by Gasteiger charge is -2.45. The number of aromatic nitrogens is 1. The van der Waals surface area contributed by atoms with Crippen molar-refractivity contribution in [3.05, 3.63) is 17.8 Å². The number of nitrogens with two attached hydrogens (primary N) is 1. The van der Waals surface area contributed by atoms with Crippen LogP contribution in [0, 0.1) is 0 Å². The van der Waals surface area contributed by atoms with Gasteiger partial charge in [0.1, 0.15) is 16.9 Å². The summed E-state index contributed by atoms with van der Waals surface area (Å²) in [4.78, 5) is 32.1. The molecule has 2 N–H and O–H groups in total. The summed E-state index contributed by atoms with van der Waals surface area (Å²) in [6, 6.07) is 1.52. The normalized spacial score (nSPS) is 17.8. The van der Waals surface area contributed by atoms with Crippen molar-refractivity contribution in [1.82, 2.24) is 9.88 Å². The number of hydrogen-bond acceptors (Lipinski definition) is 6. The lowest BCUT2D eigenvalue weighted by Crippen LogP contribution is -2.62. The maximum absolute atomic E-state index is 12.4. The summed E-state index contributed by atoms with van der Waals surface area (Å²) in [6.07, 6.45) is 1.47. The van der Waals surface area contributed by atoms with Crippen LogP contribution in [-0.4, -0.2) is 54.5 Å². The van der Waals surface area contributed by atoms with Gasteiger partial charge < -0.3 is 20.3 Å². The smallest absolute Gasteiger partial charge is 0.341 e. The summed E-state index contributed by atoms with van der Waals surface area (Å²) in [5, 5.41) is 0. The monoisotopic (exact) mass is 292 g/mol. The Labute approximate surface area is 123 Å². The number of carbonyl (C=O) groups excluding carboxylic acids is 2. The topological polar surface area (TPSA) is 88.8 Å². The molecule has 1 aromatic heterocycles. The second-order valence-electron chi connectivity index (χ2n) is 5.57. The Balaban J connectivity index is 2.51. The molecule has 7 nitrogen and oxygen atoms in total. The third kappa shape index (κ3) is 2.51. The molecule has 1 aliphatic rings. The molecule has 0 unspecified atom stereocenters. The SMILES string of the molecule is COC(=O)c1cc(N)cnc1N1CCN(C)C(=O)C1(C)C. The summed E-state index contributed by atoms with van der Waals surface area (Å²) in [7, 11) is 3.06. The van der Waals surface area contributed by atoms with E-state index in [0.29, 0.717) is 24.6 Å². The summed E-state index contributed by atoms with van der Waals surface area (Å²) in [6.45, 7) is 4.76. The number of pyridine rings is 1. The summed E-state index contributed by atoms with van der Waals surface area (Å²) in [5.74, 6) is -0.127. The van der Waals surface area contributed by atoms with Crippen molar-refractivity contribution in [2.45, 2.75) is 19.4 Å². The Morgan fingerprint density at radius 1 is 1.43 bits per heavy atom. The molecule has 2 heterocycles. The molecule has 21 heavy (non-hydrogen) atoms. The first-order valence-corrected chi connectivity index (χ1v) is 6.66. The Morgan fingerprint density at radius 3 is 2.71 bits per heavy atom. The molecule has 0 saturated carbocycles. The van der Waals surface area contributed by atoms with Gasteiger partial charge in [-0.15, -0.1) is 0 Å². The second kappa shape index (κ2) is 5.23. The lowest BCUT2D eigenvalue weighted by molar-refractivity contribution is -0.136. The Morgan fingerprint density at radius 2 is 2.10 bits per heavy atom. The van der Waals surface area contributed by atoms with Crippen LogP contribution >= 0.6 is 0 Å². The predicted molar refractivity (Wildman–Crippen MR) is 79.1 cm³/mol. The van der Waals surface area contributed by atoms with E-state index in [0.717, 1.165) is 0 Å². The highest BCUT2D eigenvalue weighted by Gasteiger charge is 2.42. The third-order valence-electron chi connectivity index (χ3n) is 3.75. The van der Waals surface area contributed by atoms with Gasteiger partial charge in [0, 0.05) is 20.1 Å². The largest absolute Gasteiger partial charge is 0.465 e. The third-order valence-corrected chi connectivity index (χ3v) is 3.75. The van der Waals surface area contributed by atoms with Gasteiger partial charge in [-0.05, 0) is 19.9 Å². The van der Waals surface area contributed by atoms with Gasteiger partial charge in [-0.3, -0.25) is 4.79 Å². The average Bonchev–Trinajstić information content (AvgIpc) is 2.45. The molecular weight excluding hydrogens is 272 g/mol. The number of rotatable bonds is 2. The zero-order valence-electron chi connectivity index (χ0n) is 12.7. The number of methoxy groups -OCH3 is 1. The van der Waals surface area contributed by atoms with Gasteiger partial charge in [0.2, 0.25) is 5.91 Å². The van der Waals surface area contributed by atoms with Crippen molar-refractivity contribution in [3.63, 3.8) is 0 Å². The van der Waals surface area contributed by atoms with E-state index >= 15 is 0 Å². The van der Waals surface area contributed by atoms with Crippen LogP contribution in [0.1, 0.15) is 24.2 Å². The minimum absolute atomic E-state index is 0.0248. The van der Waals surface area contributed by atoms with Crippen molar-refractivity contribution in [1.29, 1.82) is 0 Å². The molecular formula is C14H20N4O3. The Kier molecular flexibility index (Phi) is 3.76. The molecule has 7 heteroatoms. The summed E-state index contributed by atoms with van der Waals surface area (Å²) in [5.41, 5.74) is 5.55. The fourth-order valence-corrected chi connectivity index (χ4v) is 2.53. The molecule has 0 aliphatic carbocycles. The second-order valence-corrected chi connectivity index (χ2v) is 5.57. The van der Waals surface area contributed by atoms with E-state index < -0.39 is 11.5 Å². The van der Waals surface area contributed by atoms with Gasteiger partial charge in [0.05, 0.1) is 19.0 Å². The first-order chi connectivity index (χ1) is 9.78. The number of piperazine rings is 1. The van der Waals surface area contributed by atoms with E-state index in [1.54, 1.807) is 11.9 Å². The van der Waals surface area contributed by atoms with Crippen LogP contribution in [0.3, 0.4) is 0 Å². The predicted octanol–water partition coefficient (Wildman–Crippen LogP) is 0.507. The van der Waals surface area contributed by atoms with E-state index in [1.807, 2.05) is 18.7 Å². The highest BCUT2D eigenvalue weighted by molar-refractivity contribution is 5.98. The van der Waals surface area contributed by atoms with Gasteiger partial charge in [-0.25, -0.2) is 9.78 Å². The zero-order chi connectivity index (χ0) is 15.8. The van der Waals surface area contributed by atoms with Gasteiger partial charge in [0.25, 0.3) is 0 Å². The molecule has 2 rings (SSSR count). The minimum atomic E-state index is -0.793. The van der Waals surface area contributed by atoms with Crippen LogP contribution in [0.15, 0.2) is 12.3 Å². The number of ether oxygens (including phenoxy) is 1. The summed E-state index contributed by atoms with van der Waals surface area (Å²) < 4.78 is 4.78. The number of nitrogen functional groups attached to an aromatic ring is 1. The highest BCUT2D eigenvalue weighted by Crippen LogP contribution is 2.30. The van der Waals surface area contributed by atoms with Gasteiger partial charge in [-0.2, -0.15) is 0 Å². The molecule has 0 radical (unpaired) electrons. The number of carbonyl (C=O) groups is 2. The van der Waals surface area contributed by atoms with E-state index in [-0.39, 0.29) is 11.5 Å². The van der Waals surface area contributed by atoms with Gasteiger partial charge >= 0.3 is 5.97 Å². The molecule has 0 spiro atoms. The number of hydrogen-bond donors (Lipinski definition) is 1. The molecule has 1 aromatic rings. The van der Waals surface area contributed by atoms with Crippen molar-refractivity contribution < 1.29 is 14.3 Å². The van der Waals surface area contributed by atoms with Crippen LogP contribution in [0.4, 0.5) is 11.5 Å². The van der Waals surface area contributed by atoms with E-state index in [4.69, 9.17) is 10.5 Å². The standard InChI is InChI=1S/C14H20N4O3/c1-14(2)13(20)17(3)5-6-18(14)11-10(12(19)21-4)7-9(15)8-16-11/h7-8H,5-6,15H2,1-4H3. The first kappa shape index (κ1) is 15.1. The average molecular weight is 292 g/mol. The molecule has 114 valence electrons. The minimum Gasteiger partial charge on any atom is -0.465 e. The molecule has 1 fully saturated rings. The van der Waals surface area contributed by atoms with Crippen LogP contribution in [0.2, 0.25) is 0 Å². The molecule has 0 aromatic carbocycles. The number of likely N-dealkylation sites (N-methyl/N-ethyl adjacent to an activating group) is 1. The lowest BCUT2D eigenvalue weighted by atomic mass is 9.97. The maximum Gasteiger partial charge on any atom is 0.341 e. The van der Waals surface area contributed by atoms with E-state index in [1.165, 1.54) is 19.4 Å². The van der Waals surface area contributed by atoms with Gasteiger partial charge in [-0.1, -0.05) is 0 Å². The fourth-order valence-electron chi connectivity index (χ4n) is 2.53. The van der Waals surface area contributed by atoms with Crippen molar-refractivity contribution in [2.75, 3.05) is 37.9 Å². The number of anilines is 2. The molecule has 1 amide bonds. The van der Waals surface area contributed by atoms with E-state index in [2.05, 4.69) is 4.98 Å². The quantitative estimate of drug-likeness (QED) is 0.799. The van der Waals surface area contributed by atoms with Crippen LogP contribution in [-0.2, 0) is 9.53 Å². The number of nitrogens with zero attached hydrogens (tertiary/aromatic N) is 3. The van der Waals surface area contributed by atoms with Gasteiger partial charge in [0.15, 0.2) is 0 Å². The molecule has 1 saturated heterocycles. The summed E-state index contributed by atoms with van der Waals surface area (Å²) >= 11 is 0. The van der Waals surface area contributed by atoms with Crippen molar-refractivity contribution in [2.24, 2.45) is 0 Å².